The largest absolute Gasteiger partial charge is 0.392 e. The maximum atomic E-state index is 5.94. The van der Waals surface area contributed by atoms with Gasteiger partial charge in [-0.2, -0.15) is 0 Å². The summed E-state index contributed by atoms with van der Waals surface area (Å²) in [4.78, 5) is 0. The second kappa shape index (κ2) is 12.8. The van der Waals surface area contributed by atoms with Gasteiger partial charge in [0, 0.05) is 14.2 Å². The Kier molecular flexibility index (Phi) is 12.7. The molecule has 0 aromatic rings. The van der Waals surface area contributed by atoms with Crippen molar-refractivity contribution in [2.24, 2.45) is 0 Å². The van der Waals surface area contributed by atoms with E-state index in [-0.39, 0.29) is 0 Å². The molecular formula is C14H30O4Si. The number of rotatable bonds is 14. The predicted molar refractivity (Wildman–Crippen MR) is 80.7 cm³/mol. The number of ether oxygens (including phenoxy) is 2. The van der Waals surface area contributed by atoms with Crippen LogP contribution in [0.1, 0.15) is 25.7 Å². The molecule has 0 radical (unpaired) electrons. The number of unbranched alkanes of at least 4 members (excludes halogenated alkanes) is 3. The van der Waals surface area contributed by atoms with E-state index in [0.29, 0.717) is 26.4 Å². The summed E-state index contributed by atoms with van der Waals surface area (Å²) >= 11 is 0. The molecule has 0 spiro atoms. The van der Waals surface area contributed by atoms with Crippen LogP contribution in [-0.4, -0.2) is 49.2 Å². The van der Waals surface area contributed by atoms with Gasteiger partial charge >= 0.3 is 8.56 Å². The van der Waals surface area contributed by atoms with Crippen molar-refractivity contribution in [1.82, 2.24) is 0 Å². The summed E-state index contributed by atoms with van der Waals surface area (Å²) in [5, 5.41) is 0. The first-order chi connectivity index (χ1) is 9.18. The highest BCUT2D eigenvalue weighted by Gasteiger charge is 2.30. The Hall–Kier alpha value is -0.203. The Morgan fingerprint density at radius 3 is 1.95 bits per heavy atom. The Bertz CT molecular complexity index is 202. The lowest BCUT2D eigenvalue weighted by Crippen LogP contribution is -2.40. The zero-order chi connectivity index (χ0) is 14.4. The minimum absolute atomic E-state index is 0.610. The molecule has 0 bridgehead atoms. The molecular weight excluding hydrogens is 260 g/mol. The lowest BCUT2D eigenvalue weighted by atomic mass is 10.2. The average molecular weight is 290 g/mol. The van der Waals surface area contributed by atoms with Crippen molar-refractivity contribution in [3.8, 4) is 0 Å². The van der Waals surface area contributed by atoms with Gasteiger partial charge in [0.25, 0.3) is 0 Å². The zero-order valence-corrected chi connectivity index (χ0v) is 13.8. The Morgan fingerprint density at radius 2 is 1.47 bits per heavy atom. The van der Waals surface area contributed by atoms with E-state index in [9.17, 15) is 0 Å². The highest BCUT2D eigenvalue weighted by atomic mass is 28.4. The SMILES string of the molecule is C=CCCCCC[Si](C)(OCCOC)OCCOC. The van der Waals surface area contributed by atoms with Crippen LogP contribution in [0.4, 0.5) is 0 Å². The summed E-state index contributed by atoms with van der Waals surface area (Å²) in [6.07, 6.45) is 6.62. The van der Waals surface area contributed by atoms with Crippen molar-refractivity contribution in [1.29, 1.82) is 0 Å². The number of hydrogen-bond acceptors (Lipinski definition) is 4. The fourth-order valence-electron chi connectivity index (χ4n) is 1.78. The highest BCUT2D eigenvalue weighted by molar-refractivity contribution is 6.66. The van der Waals surface area contributed by atoms with Gasteiger partial charge in [-0.1, -0.05) is 18.9 Å². The van der Waals surface area contributed by atoms with Crippen LogP contribution in [-0.2, 0) is 18.3 Å². The zero-order valence-electron chi connectivity index (χ0n) is 12.8. The van der Waals surface area contributed by atoms with Gasteiger partial charge in [-0.15, -0.1) is 6.58 Å². The number of hydrogen-bond donors (Lipinski definition) is 0. The van der Waals surface area contributed by atoms with Crippen LogP contribution < -0.4 is 0 Å². The molecule has 0 atom stereocenters. The number of allylic oxidation sites excluding steroid dienone is 1. The summed E-state index contributed by atoms with van der Waals surface area (Å²) in [6.45, 7) is 8.32. The summed E-state index contributed by atoms with van der Waals surface area (Å²) in [5.41, 5.74) is 0. The third-order valence-corrected chi connectivity index (χ3v) is 5.82. The molecule has 0 aliphatic heterocycles. The topological polar surface area (TPSA) is 36.9 Å². The molecule has 0 N–H and O–H groups in total. The van der Waals surface area contributed by atoms with Crippen molar-refractivity contribution in [2.45, 2.75) is 38.3 Å². The lowest BCUT2D eigenvalue weighted by molar-refractivity contribution is 0.0882. The quantitative estimate of drug-likeness (QED) is 0.280. The molecule has 0 aromatic carbocycles. The minimum Gasteiger partial charge on any atom is -0.392 e. The molecule has 114 valence electrons. The molecule has 0 amide bonds. The van der Waals surface area contributed by atoms with E-state index in [1.165, 1.54) is 12.8 Å². The molecule has 0 aliphatic rings. The first-order valence-corrected chi connectivity index (χ1v) is 9.57. The third kappa shape index (κ3) is 11.3. The van der Waals surface area contributed by atoms with Gasteiger partial charge in [-0.3, -0.25) is 0 Å². The van der Waals surface area contributed by atoms with Crippen LogP contribution in [0.5, 0.6) is 0 Å². The fraction of sp³-hybridized carbons (Fsp3) is 0.857. The van der Waals surface area contributed by atoms with Crippen LogP contribution in [0.15, 0.2) is 12.7 Å². The van der Waals surface area contributed by atoms with E-state index < -0.39 is 8.56 Å². The molecule has 0 unspecified atom stereocenters. The van der Waals surface area contributed by atoms with Crippen molar-refractivity contribution >= 4 is 8.56 Å². The van der Waals surface area contributed by atoms with Gasteiger partial charge < -0.3 is 18.3 Å². The molecule has 0 saturated carbocycles. The van der Waals surface area contributed by atoms with Gasteiger partial charge in [0.05, 0.1) is 26.4 Å². The Morgan fingerprint density at radius 1 is 0.895 bits per heavy atom. The van der Waals surface area contributed by atoms with E-state index in [2.05, 4.69) is 13.1 Å². The molecule has 0 rings (SSSR count). The van der Waals surface area contributed by atoms with E-state index >= 15 is 0 Å². The summed E-state index contributed by atoms with van der Waals surface area (Å²) < 4.78 is 21.9. The Balaban J connectivity index is 3.95. The monoisotopic (exact) mass is 290 g/mol. The number of methoxy groups -OCH3 is 2. The summed E-state index contributed by atoms with van der Waals surface area (Å²) in [5.74, 6) is 0. The van der Waals surface area contributed by atoms with Gasteiger partial charge in [0.2, 0.25) is 0 Å². The maximum absolute atomic E-state index is 5.94. The summed E-state index contributed by atoms with van der Waals surface area (Å²) in [6, 6.07) is 1.03. The molecule has 0 heterocycles. The van der Waals surface area contributed by atoms with Gasteiger partial charge in [-0.25, -0.2) is 0 Å². The summed E-state index contributed by atoms with van der Waals surface area (Å²) in [7, 11) is 1.30. The van der Waals surface area contributed by atoms with Crippen molar-refractivity contribution in [2.75, 3.05) is 40.6 Å². The van der Waals surface area contributed by atoms with Crippen LogP contribution in [0.25, 0.3) is 0 Å². The molecule has 0 saturated heterocycles. The van der Waals surface area contributed by atoms with Crippen LogP contribution in [0.2, 0.25) is 12.6 Å². The smallest absolute Gasteiger partial charge is 0.335 e. The van der Waals surface area contributed by atoms with Crippen molar-refractivity contribution < 1.29 is 18.3 Å². The highest BCUT2D eigenvalue weighted by Crippen LogP contribution is 2.18. The van der Waals surface area contributed by atoms with Gasteiger partial charge in [0.15, 0.2) is 0 Å². The van der Waals surface area contributed by atoms with E-state index in [1.54, 1.807) is 14.2 Å². The predicted octanol–water partition coefficient (Wildman–Crippen LogP) is 3.13. The molecule has 19 heavy (non-hydrogen) atoms. The maximum Gasteiger partial charge on any atom is 0.335 e. The minimum atomic E-state index is -2.07. The second-order valence-corrected chi connectivity index (χ2v) is 8.05. The van der Waals surface area contributed by atoms with E-state index in [1.807, 2.05) is 6.08 Å². The molecule has 4 nitrogen and oxygen atoms in total. The first-order valence-electron chi connectivity index (χ1n) is 7.05. The molecule has 0 fully saturated rings. The van der Waals surface area contributed by atoms with Crippen molar-refractivity contribution in [3.05, 3.63) is 12.7 Å². The fourth-order valence-corrected chi connectivity index (χ4v) is 4.07. The van der Waals surface area contributed by atoms with E-state index in [4.69, 9.17) is 18.3 Å². The molecule has 0 aliphatic carbocycles. The first kappa shape index (κ1) is 18.8. The van der Waals surface area contributed by atoms with Crippen LogP contribution in [0, 0.1) is 0 Å². The lowest BCUT2D eigenvalue weighted by Gasteiger charge is -2.27. The van der Waals surface area contributed by atoms with Crippen LogP contribution in [0.3, 0.4) is 0 Å². The average Bonchev–Trinajstić information content (AvgIpc) is 2.39. The van der Waals surface area contributed by atoms with E-state index in [0.717, 1.165) is 18.9 Å². The Labute approximate surface area is 119 Å². The van der Waals surface area contributed by atoms with Crippen molar-refractivity contribution in [3.63, 3.8) is 0 Å². The van der Waals surface area contributed by atoms with Gasteiger partial charge in [0.1, 0.15) is 0 Å². The van der Waals surface area contributed by atoms with Crippen LogP contribution >= 0.6 is 0 Å². The standard InChI is InChI=1S/C14H30O4Si/c1-5-6-7-8-9-14-19(4,17-12-10-15-2)18-13-11-16-3/h5H,1,6-14H2,2-4H3. The molecule has 5 heteroatoms. The second-order valence-electron chi connectivity index (χ2n) is 4.70. The normalized spacial score (nSPS) is 11.7. The molecule has 0 aromatic heterocycles. The van der Waals surface area contributed by atoms with Gasteiger partial charge in [-0.05, 0) is 25.4 Å². The third-order valence-electron chi connectivity index (χ3n) is 2.93.